The van der Waals surface area contributed by atoms with Crippen LogP contribution < -0.4 is 11.1 Å². The smallest absolute Gasteiger partial charge is 0.311 e. The maximum Gasteiger partial charge on any atom is 0.311 e. The van der Waals surface area contributed by atoms with Gasteiger partial charge in [-0.05, 0) is 15.9 Å². The molecule has 6 nitrogen and oxygen atoms in total. The van der Waals surface area contributed by atoms with Crippen LogP contribution in [-0.2, 0) is 0 Å². The Morgan fingerprint density at radius 2 is 2.31 bits per heavy atom. The Morgan fingerprint density at radius 3 is 2.94 bits per heavy atom. The maximum atomic E-state index is 10.7. The number of nitrogens with zero attached hydrogens (tertiary/aromatic N) is 2. The number of nitrogens with two attached hydrogens (primary N) is 1. The number of pyridine rings is 1. The second-order valence-corrected chi connectivity index (χ2v) is 3.71. The van der Waals surface area contributed by atoms with Crippen molar-refractivity contribution in [2.75, 3.05) is 18.4 Å². The summed E-state index contributed by atoms with van der Waals surface area (Å²) in [5, 5.41) is 13.7. The summed E-state index contributed by atoms with van der Waals surface area (Å²) in [6, 6.07) is 0. The monoisotopic (exact) mass is 286 g/mol. The van der Waals surface area contributed by atoms with Gasteiger partial charge in [-0.15, -0.1) is 0 Å². The second kappa shape index (κ2) is 6.19. The van der Waals surface area contributed by atoms with Crippen LogP contribution in [0.15, 0.2) is 29.0 Å². The number of rotatable bonds is 5. The van der Waals surface area contributed by atoms with Crippen LogP contribution in [-0.4, -0.2) is 23.0 Å². The first-order valence-corrected chi connectivity index (χ1v) is 5.33. The van der Waals surface area contributed by atoms with Gasteiger partial charge in [-0.1, -0.05) is 12.2 Å². The van der Waals surface area contributed by atoms with Crippen molar-refractivity contribution >= 4 is 27.3 Å². The Bertz CT molecular complexity index is 408. The molecule has 1 aromatic rings. The molecule has 7 heteroatoms. The molecule has 1 aromatic heterocycles. The summed E-state index contributed by atoms with van der Waals surface area (Å²) < 4.78 is 0.558. The minimum atomic E-state index is -0.479. The van der Waals surface area contributed by atoms with E-state index in [4.69, 9.17) is 5.73 Å². The molecule has 0 spiro atoms. The van der Waals surface area contributed by atoms with Crippen LogP contribution in [0.25, 0.3) is 0 Å². The fourth-order valence-electron chi connectivity index (χ4n) is 1.08. The summed E-state index contributed by atoms with van der Waals surface area (Å²) in [5.74, 6) is 0. The molecule has 0 aromatic carbocycles. The molecule has 0 radical (unpaired) electrons. The molecular weight excluding hydrogens is 276 g/mol. The van der Waals surface area contributed by atoms with Gasteiger partial charge in [-0.25, -0.2) is 0 Å². The number of nitrogens with one attached hydrogen (secondary N) is 1. The van der Waals surface area contributed by atoms with Crippen molar-refractivity contribution in [2.45, 2.75) is 0 Å². The summed E-state index contributed by atoms with van der Waals surface area (Å²) in [5.41, 5.74) is 5.63. The molecule has 0 amide bonds. The highest BCUT2D eigenvalue weighted by Gasteiger charge is 2.16. The third-order valence-electron chi connectivity index (χ3n) is 1.78. The standard InChI is InChI=1S/C9H11BrN4O2/c10-7-5-12-6-8(14(15)16)9(7)13-4-2-1-3-11/h1-2,5-6H,3-4,11H2,(H,12,13)/b2-1+. The number of aromatic nitrogens is 1. The van der Waals surface area contributed by atoms with E-state index in [0.717, 1.165) is 0 Å². The summed E-state index contributed by atoms with van der Waals surface area (Å²) in [7, 11) is 0. The van der Waals surface area contributed by atoms with E-state index in [9.17, 15) is 10.1 Å². The van der Waals surface area contributed by atoms with Gasteiger partial charge in [0.05, 0.1) is 9.40 Å². The largest absolute Gasteiger partial charge is 0.375 e. The van der Waals surface area contributed by atoms with Gasteiger partial charge in [-0.3, -0.25) is 15.1 Å². The quantitative estimate of drug-likeness (QED) is 0.488. The van der Waals surface area contributed by atoms with E-state index in [1.54, 1.807) is 12.2 Å². The summed E-state index contributed by atoms with van der Waals surface area (Å²) in [4.78, 5) is 14.0. The Labute approximate surface area is 101 Å². The molecule has 0 unspecified atom stereocenters. The van der Waals surface area contributed by atoms with Crippen LogP contribution in [0.1, 0.15) is 0 Å². The van der Waals surface area contributed by atoms with Crippen LogP contribution in [0.4, 0.5) is 11.4 Å². The van der Waals surface area contributed by atoms with Crippen LogP contribution in [0.2, 0.25) is 0 Å². The van der Waals surface area contributed by atoms with E-state index in [2.05, 4.69) is 26.2 Å². The summed E-state index contributed by atoms with van der Waals surface area (Å²) in [6.07, 6.45) is 6.28. The zero-order chi connectivity index (χ0) is 12.0. The lowest BCUT2D eigenvalue weighted by atomic mass is 10.3. The first-order chi connectivity index (χ1) is 7.66. The van der Waals surface area contributed by atoms with Gasteiger partial charge in [0.15, 0.2) is 0 Å². The van der Waals surface area contributed by atoms with Gasteiger partial charge in [-0.2, -0.15) is 0 Å². The lowest BCUT2D eigenvalue weighted by Gasteiger charge is -2.05. The summed E-state index contributed by atoms with van der Waals surface area (Å²) >= 11 is 3.21. The minimum Gasteiger partial charge on any atom is -0.375 e. The third-order valence-corrected chi connectivity index (χ3v) is 2.38. The average Bonchev–Trinajstić information content (AvgIpc) is 2.25. The van der Waals surface area contributed by atoms with Gasteiger partial charge in [0, 0.05) is 19.3 Å². The molecule has 0 bridgehead atoms. The minimum absolute atomic E-state index is 0.0597. The fourth-order valence-corrected chi connectivity index (χ4v) is 1.54. The van der Waals surface area contributed by atoms with Crippen molar-refractivity contribution in [1.29, 1.82) is 0 Å². The van der Waals surface area contributed by atoms with Crippen LogP contribution in [0, 0.1) is 10.1 Å². The first kappa shape index (κ1) is 12.6. The second-order valence-electron chi connectivity index (χ2n) is 2.86. The molecule has 0 aliphatic carbocycles. The number of hydrogen-bond donors (Lipinski definition) is 2. The van der Waals surface area contributed by atoms with Crippen molar-refractivity contribution in [3.05, 3.63) is 39.1 Å². The molecular formula is C9H11BrN4O2. The van der Waals surface area contributed by atoms with Crippen molar-refractivity contribution in [1.82, 2.24) is 4.98 Å². The molecule has 1 heterocycles. The molecule has 1 rings (SSSR count). The van der Waals surface area contributed by atoms with Gasteiger partial charge < -0.3 is 11.1 Å². The van der Waals surface area contributed by atoms with Gasteiger partial charge in [0.1, 0.15) is 11.9 Å². The Kier molecular flexibility index (Phi) is 4.87. The van der Waals surface area contributed by atoms with E-state index >= 15 is 0 Å². The van der Waals surface area contributed by atoms with Crippen molar-refractivity contribution in [3.63, 3.8) is 0 Å². The van der Waals surface area contributed by atoms with Crippen LogP contribution in [0.3, 0.4) is 0 Å². The molecule has 0 saturated heterocycles. The van der Waals surface area contributed by atoms with E-state index in [0.29, 0.717) is 23.2 Å². The van der Waals surface area contributed by atoms with E-state index < -0.39 is 4.92 Å². The Hall–Kier alpha value is -1.47. The van der Waals surface area contributed by atoms with E-state index in [-0.39, 0.29) is 5.69 Å². The Morgan fingerprint density at radius 1 is 1.56 bits per heavy atom. The first-order valence-electron chi connectivity index (χ1n) is 4.53. The lowest BCUT2D eigenvalue weighted by molar-refractivity contribution is -0.384. The highest BCUT2D eigenvalue weighted by molar-refractivity contribution is 9.10. The average molecular weight is 287 g/mol. The number of anilines is 1. The van der Waals surface area contributed by atoms with Crippen molar-refractivity contribution < 1.29 is 4.92 Å². The lowest BCUT2D eigenvalue weighted by Crippen LogP contribution is -2.04. The predicted octanol–water partition coefficient (Wildman–Crippen LogP) is 1.68. The summed E-state index contributed by atoms with van der Waals surface area (Å²) in [6.45, 7) is 0.919. The Balaban J connectivity index is 2.84. The van der Waals surface area contributed by atoms with Crippen LogP contribution >= 0.6 is 15.9 Å². The SMILES string of the molecule is NC/C=C/CNc1c(Br)cncc1[N+](=O)[O-]. The van der Waals surface area contributed by atoms with E-state index in [1.807, 2.05) is 0 Å². The molecule has 0 atom stereocenters. The van der Waals surface area contributed by atoms with Gasteiger partial charge in [0.2, 0.25) is 0 Å². The number of hydrogen-bond acceptors (Lipinski definition) is 5. The normalized spacial score (nSPS) is 10.6. The van der Waals surface area contributed by atoms with Crippen molar-refractivity contribution in [2.24, 2.45) is 5.73 Å². The van der Waals surface area contributed by atoms with Crippen LogP contribution in [0.5, 0.6) is 0 Å². The van der Waals surface area contributed by atoms with E-state index in [1.165, 1.54) is 12.4 Å². The number of halogens is 1. The highest BCUT2D eigenvalue weighted by atomic mass is 79.9. The molecule has 0 fully saturated rings. The molecule has 0 aliphatic rings. The molecule has 3 N–H and O–H groups in total. The predicted molar refractivity (Wildman–Crippen MR) is 65.3 cm³/mol. The van der Waals surface area contributed by atoms with Gasteiger partial charge >= 0.3 is 5.69 Å². The molecule has 16 heavy (non-hydrogen) atoms. The zero-order valence-corrected chi connectivity index (χ0v) is 9.98. The fraction of sp³-hybridized carbons (Fsp3) is 0.222. The van der Waals surface area contributed by atoms with Gasteiger partial charge in [0.25, 0.3) is 0 Å². The molecule has 86 valence electrons. The number of nitro groups is 1. The third kappa shape index (κ3) is 3.28. The maximum absolute atomic E-state index is 10.7. The van der Waals surface area contributed by atoms with Crippen molar-refractivity contribution in [3.8, 4) is 0 Å². The highest BCUT2D eigenvalue weighted by Crippen LogP contribution is 2.30. The topological polar surface area (TPSA) is 94.1 Å². The molecule has 0 aliphatic heterocycles. The molecule has 0 saturated carbocycles. The zero-order valence-electron chi connectivity index (χ0n) is 8.39.